The summed E-state index contributed by atoms with van der Waals surface area (Å²) >= 11 is 0. The molecule has 2 rings (SSSR count). The minimum Gasteiger partial charge on any atom is -0.370 e. The molecule has 1 N–H and O–H groups in total. The van der Waals surface area contributed by atoms with Gasteiger partial charge in [-0.05, 0) is 31.9 Å². The number of hydrogen-bond acceptors (Lipinski definition) is 3. The number of nitrogens with one attached hydrogen (secondary N) is 1. The van der Waals surface area contributed by atoms with Crippen molar-refractivity contribution in [2.24, 2.45) is 0 Å². The van der Waals surface area contributed by atoms with Crippen molar-refractivity contribution >= 4 is 5.82 Å². The maximum absolute atomic E-state index is 4.34. The maximum atomic E-state index is 4.34. The zero-order valence-electron chi connectivity index (χ0n) is 10.5. The van der Waals surface area contributed by atoms with Gasteiger partial charge in [0.1, 0.15) is 12.1 Å². The van der Waals surface area contributed by atoms with Gasteiger partial charge in [0.25, 0.3) is 0 Å². The van der Waals surface area contributed by atoms with Gasteiger partial charge in [0.15, 0.2) is 0 Å². The fraction of sp³-hybridized carbons (Fsp3) is 0.286. The Hall–Kier alpha value is -1.90. The summed E-state index contributed by atoms with van der Waals surface area (Å²) in [5.41, 5.74) is 4.70. The predicted octanol–water partition coefficient (Wildman–Crippen LogP) is 3.19. The second-order valence-corrected chi connectivity index (χ2v) is 4.07. The molecule has 3 nitrogen and oxygen atoms in total. The van der Waals surface area contributed by atoms with Gasteiger partial charge in [-0.1, -0.05) is 18.2 Å². The first kappa shape index (κ1) is 11.6. The molecule has 0 radical (unpaired) electrons. The van der Waals surface area contributed by atoms with E-state index >= 15 is 0 Å². The summed E-state index contributed by atoms with van der Waals surface area (Å²) in [6, 6.07) is 8.27. The lowest BCUT2D eigenvalue weighted by Gasteiger charge is -2.09. The van der Waals surface area contributed by atoms with Gasteiger partial charge in [-0.2, -0.15) is 0 Å². The highest BCUT2D eigenvalue weighted by molar-refractivity contribution is 5.66. The second-order valence-electron chi connectivity index (χ2n) is 4.07. The highest BCUT2D eigenvalue weighted by Crippen LogP contribution is 2.24. The molecule has 1 aromatic carbocycles. The van der Waals surface area contributed by atoms with Gasteiger partial charge in [0.2, 0.25) is 0 Å². The molecule has 1 heterocycles. The lowest BCUT2D eigenvalue weighted by molar-refractivity contribution is 1.11. The molecule has 3 heteroatoms. The summed E-state index contributed by atoms with van der Waals surface area (Å²) in [5.74, 6) is 0.874. The Kier molecular flexibility index (Phi) is 3.38. The quantitative estimate of drug-likeness (QED) is 0.875. The van der Waals surface area contributed by atoms with Crippen molar-refractivity contribution in [3.63, 3.8) is 0 Å². The lowest BCUT2D eigenvalue weighted by Crippen LogP contribution is -2.00. The van der Waals surface area contributed by atoms with E-state index in [4.69, 9.17) is 0 Å². The van der Waals surface area contributed by atoms with E-state index in [1.54, 1.807) is 6.33 Å². The highest BCUT2D eigenvalue weighted by Gasteiger charge is 2.05. The van der Waals surface area contributed by atoms with Gasteiger partial charge in [-0.25, -0.2) is 9.97 Å². The largest absolute Gasteiger partial charge is 0.370 e. The Balaban J connectivity index is 2.45. The normalized spacial score (nSPS) is 10.3. The van der Waals surface area contributed by atoms with Crippen LogP contribution in [-0.4, -0.2) is 16.5 Å². The predicted molar refractivity (Wildman–Crippen MR) is 71.1 cm³/mol. The molecule has 0 unspecified atom stereocenters. The van der Waals surface area contributed by atoms with Crippen molar-refractivity contribution in [1.29, 1.82) is 0 Å². The summed E-state index contributed by atoms with van der Waals surface area (Å²) in [5, 5.41) is 3.20. The third-order valence-corrected chi connectivity index (χ3v) is 2.91. The standard InChI is InChI=1S/C14H17N3/c1-4-15-14-8-13(16-9-17-14)12-7-5-6-10(2)11(12)3/h5-9H,4H2,1-3H3,(H,15,16,17). The van der Waals surface area contributed by atoms with E-state index in [0.717, 1.165) is 18.1 Å². The van der Waals surface area contributed by atoms with Crippen LogP contribution in [0.3, 0.4) is 0 Å². The van der Waals surface area contributed by atoms with Gasteiger partial charge < -0.3 is 5.32 Å². The van der Waals surface area contributed by atoms with Crippen LogP contribution in [0.25, 0.3) is 11.3 Å². The third-order valence-electron chi connectivity index (χ3n) is 2.91. The molecule has 2 aromatic rings. The van der Waals surface area contributed by atoms with Gasteiger partial charge >= 0.3 is 0 Å². The van der Waals surface area contributed by atoms with Crippen LogP contribution >= 0.6 is 0 Å². The van der Waals surface area contributed by atoms with Crippen LogP contribution in [0.1, 0.15) is 18.1 Å². The molecular formula is C14H17N3. The number of aryl methyl sites for hydroxylation is 1. The van der Waals surface area contributed by atoms with Crippen LogP contribution in [0, 0.1) is 13.8 Å². The van der Waals surface area contributed by atoms with E-state index in [9.17, 15) is 0 Å². The van der Waals surface area contributed by atoms with E-state index in [-0.39, 0.29) is 0 Å². The Labute approximate surface area is 102 Å². The van der Waals surface area contributed by atoms with E-state index in [0.29, 0.717) is 0 Å². The second kappa shape index (κ2) is 4.95. The van der Waals surface area contributed by atoms with Crippen LogP contribution < -0.4 is 5.32 Å². The molecule has 0 bridgehead atoms. The van der Waals surface area contributed by atoms with E-state index in [2.05, 4.69) is 54.3 Å². The number of anilines is 1. The van der Waals surface area contributed by atoms with Gasteiger partial charge in [0, 0.05) is 18.2 Å². The number of rotatable bonds is 3. The Morgan fingerprint density at radius 2 is 2.00 bits per heavy atom. The summed E-state index contributed by atoms with van der Waals surface area (Å²) in [4.78, 5) is 8.53. The van der Waals surface area contributed by atoms with Crippen molar-refractivity contribution < 1.29 is 0 Å². The SMILES string of the molecule is CCNc1cc(-c2cccc(C)c2C)ncn1. The van der Waals surface area contributed by atoms with Crippen molar-refractivity contribution in [3.05, 3.63) is 41.7 Å². The maximum Gasteiger partial charge on any atom is 0.129 e. The molecule has 0 saturated carbocycles. The van der Waals surface area contributed by atoms with E-state index < -0.39 is 0 Å². The first-order chi connectivity index (χ1) is 8.22. The highest BCUT2D eigenvalue weighted by atomic mass is 15.0. The number of hydrogen-bond donors (Lipinski definition) is 1. The van der Waals surface area contributed by atoms with Gasteiger partial charge in [-0.15, -0.1) is 0 Å². The number of nitrogens with zero attached hydrogens (tertiary/aromatic N) is 2. The molecule has 17 heavy (non-hydrogen) atoms. The zero-order valence-corrected chi connectivity index (χ0v) is 10.5. The minimum atomic E-state index is 0.864. The molecule has 0 aliphatic rings. The van der Waals surface area contributed by atoms with Crippen molar-refractivity contribution in [1.82, 2.24) is 9.97 Å². The van der Waals surface area contributed by atoms with Crippen LogP contribution in [0.2, 0.25) is 0 Å². The van der Waals surface area contributed by atoms with E-state index in [1.807, 2.05) is 6.07 Å². The minimum absolute atomic E-state index is 0.864. The molecule has 0 atom stereocenters. The number of aromatic nitrogens is 2. The molecule has 0 saturated heterocycles. The average Bonchev–Trinajstić information content (AvgIpc) is 2.33. The van der Waals surface area contributed by atoms with Gasteiger partial charge in [0.05, 0.1) is 5.69 Å². The number of benzene rings is 1. The average molecular weight is 227 g/mol. The lowest BCUT2D eigenvalue weighted by atomic mass is 10.0. The molecule has 0 amide bonds. The van der Waals surface area contributed by atoms with Crippen molar-refractivity contribution in [2.45, 2.75) is 20.8 Å². The fourth-order valence-corrected chi connectivity index (χ4v) is 1.81. The summed E-state index contributed by atoms with van der Waals surface area (Å²) in [6.45, 7) is 7.16. The smallest absolute Gasteiger partial charge is 0.129 e. The molecule has 0 fully saturated rings. The summed E-state index contributed by atoms with van der Waals surface area (Å²) in [6.07, 6.45) is 1.61. The molecule has 88 valence electrons. The Morgan fingerprint density at radius 3 is 2.76 bits per heavy atom. The molecular weight excluding hydrogens is 210 g/mol. The van der Waals surface area contributed by atoms with E-state index in [1.165, 1.54) is 16.7 Å². The first-order valence-electron chi connectivity index (χ1n) is 5.85. The first-order valence-corrected chi connectivity index (χ1v) is 5.85. The third kappa shape index (κ3) is 2.44. The monoisotopic (exact) mass is 227 g/mol. The van der Waals surface area contributed by atoms with Crippen LogP contribution in [0.5, 0.6) is 0 Å². The van der Waals surface area contributed by atoms with Crippen molar-refractivity contribution in [3.8, 4) is 11.3 Å². The molecule has 0 aliphatic carbocycles. The molecule has 0 spiro atoms. The summed E-state index contributed by atoms with van der Waals surface area (Å²) < 4.78 is 0. The Morgan fingerprint density at radius 1 is 1.18 bits per heavy atom. The van der Waals surface area contributed by atoms with Crippen molar-refractivity contribution in [2.75, 3.05) is 11.9 Å². The molecule has 1 aromatic heterocycles. The van der Waals surface area contributed by atoms with Crippen LogP contribution in [-0.2, 0) is 0 Å². The fourth-order valence-electron chi connectivity index (χ4n) is 1.81. The van der Waals surface area contributed by atoms with Crippen LogP contribution in [0.4, 0.5) is 5.82 Å². The van der Waals surface area contributed by atoms with Crippen LogP contribution in [0.15, 0.2) is 30.6 Å². The summed E-state index contributed by atoms with van der Waals surface area (Å²) in [7, 11) is 0. The zero-order chi connectivity index (χ0) is 12.3. The topological polar surface area (TPSA) is 37.8 Å². The van der Waals surface area contributed by atoms with Gasteiger partial charge in [-0.3, -0.25) is 0 Å². The molecule has 0 aliphatic heterocycles. The Bertz CT molecular complexity index is 521.